The molecule has 1 N–H and O–H groups in total. The molecule has 0 bridgehead atoms. The van der Waals surface area contributed by atoms with Crippen LogP contribution in [0.1, 0.15) is 36.0 Å². The lowest BCUT2D eigenvalue weighted by Gasteiger charge is -2.17. The van der Waals surface area contributed by atoms with Gasteiger partial charge >= 0.3 is 0 Å². The summed E-state index contributed by atoms with van der Waals surface area (Å²) in [7, 11) is 2.09. The quantitative estimate of drug-likeness (QED) is 0.779. The summed E-state index contributed by atoms with van der Waals surface area (Å²) in [5.41, 5.74) is 3.75. The van der Waals surface area contributed by atoms with Crippen molar-refractivity contribution in [3.05, 3.63) is 53.0 Å². The number of benzene rings is 1. The Morgan fingerprint density at radius 1 is 1.14 bits per heavy atom. The average Bonchev–Trinajstić information content (AvgIpc) is 2.80. The van der Waals surface area contributed by atoms with Gasteiger partial charge in [-0.1, -0.05) is 24.6 Å². The van der Waals surface area contributed by atoms with Crippen LogP contribution in [0.3, 0.4) is 0 Å². The van der Waals surface area contributed by atoms with E-state index < -0.39 is 0 Å². The molecule has 1 heterocycles. The monoisotopic (exact) mass is 286 g/mol. The lowest BCUT2D eigenvalue weighted by atomic mass is 10.2. The van der Waals surface area contributed by atoms with E-state index in [2.05, 4.69) is 61.4 Å². The molecule has 0 saturated carbocycles. The topological polar surface area (TPSA) is 28.4 Å². The average molecular weight is 286 g/mol. The minimum atomic E-state index is 0.789. The summed E-state index contributed by atoms with van der Waals surface area (Å²) >= 11 is 0. The van der Waals surface area contributed by atoms with Gasteiger partial charge in [-0.15, -0.1) is 0 Å². The first-order valence-electron chi connectivity index (χ1n) is 7.67. The molecule has 0 spiro atoms. The first-order chi connectivity index (χ1) is 10.1. The molecule has 3 heteroatoms. The molecule has 2 aromatic rings. The van der Waals surface area contributed by atoms with Crippen LogP contribution in [0.2, 0.25) is 0 Å². The third kappa shape index (κ3) is 4.36. The number of furan rings is 1. The number of nitrogens with one attached hydrogen (secondary N) is 1. The van der Waals surface area contributed by atoms with Crippen molar-refractivity contribution < 1.29 is 4.42 Å². The number of hydrogen-bond donors (Lipinski definition) is 1. The van der Waals surface area contributed by atoms with Crippen LogP contribution in [-0.4, -0.2) is 13.6 Å². The van der Waals surface area contributed by atoms with Crippen LogP contribution in [0.5, 0.6) is 0 Å². The first kappa shape index (κ1) is 15.6. The van der Waals surface area contributed by atoms with Crippen molar-refractivity contribution in [2.45, 2.75) is 40.3 Å². The molecule has 2 rings (SSSR count). The Kier molecular flexibility index (Phi) is 5.45. The molecule has 0 aliphatic carbocycles. The number of nitrogens with zero attached hydrogens (tertiary/aromatic N) is 1. The van der Waals surface area contributed by atoms with Crippen LogP contribution in [0.4, 0.5) is 5.69 Å². The predicted octanol–water partition coefficient (Wildman–Crippen LogP) is 4.03. The second kappa shape index (κ2) is 7.32. The van der Waals surface area contributed by atoms with Crippen LogP contribution in [0.25, 0.3) is 0 Å². The maximum Gasteiger partial charge on any atom is 0.123 e. The minimum absolute atomic E-state index is 0.789. The molecule has 0 atom stereocenters. The van der Waals surface area contributed by atoms with E-state index in [9.17, 15) is 0 Å². The van der Waals surface area contributed by atoms with Crippen LogP contribution in [0.15, 0.2) is 34.7 Å². The Hall–Kier alpha value is -1.74. The molecule has 0 unspecified atom stereocenters. The minimum Gasteiger partial charge on any atom is -0.464 e. The van der Waals surface area contributed by atoms with E-state index in [4.69, 9.17) is 4.42 Å². The summed E-state index contributed by atoms with van der Waals surface area (Å²) < 4.78 is 5.88. The van der Waals surface area contributed by atoms with Crippen molar-refractivity contribution in [3.8, 4) is 0 Å². The van der Waals surface area contributed by atoms with E-state index in [1.807, 2.05) is 6.92 Å². The number of rotatable bonds is 7. The largest absolute Gasteiger partial charge is 0.464 e. The molecular formula is C18H26N2O. The molecule has 3 nitrogen and oxygen atoms in total. The van der Waals surface area contributed by atoms with Crippen LogP contribution >= 0.6 is 0 Å². The van der Waals surface area contributed by atoms with Gasteiger partial charge in [0.1, 0.15) is 11.5 Å². The van der Waals surface area contributed by atoms with E-state index >= 15 is 0 Å². The van der Waals surface area contributed by atoms with Crippen molar-refractivity contribution in [2.24, 2.45) is 0 Å². The van der Waals surface area contributed by atoms with E-state index in [0.717, 1.165) is 37.6 Å². The molecule has 0 fully saturated rings. The number of anilines is 1. The Balaban J connectivity index is 1.99. The Morgan fingerprint density at radius 3 is 2.52 bits per heavy atom. The van der Waals surface area contributed by atoms with Gasteiger partial charge in [-0.05, 0) is 45.0 Å². The molecule has 0 aliphatic heterocycles. The maximum absolute atomic E-state index is 5.88. The Bertz CT molecular complexity index is 557. The fourth-order valence-corrected chi connectivity index (χ4v) is 2.37. The van der Waals surface area contributed by atoms with Crippen molar-refractivity contribution in [3.63, 3.8) is 0 Å². The Labute approximate surface area is 128 Å². The highest BCUT2D eigenvalue weighted by Crippen LogP contribution is 2.20. The standard InChI is InChI=1S/C18H26N2O/c1-5-10-19-12-16-11-18(21-15(16)3)13-20(4)17-8-6-14(2)7-9-17/h6-9,11,19H,5,10,12-13H2,1-4H3. The van der Waals surface area contributed by atoms with Gasteiger partial charge in [0.05, 0.1) is 6.54 Å². The molecule has 1 aromatic carbocycles. The smallest absolute Gasteiger partial charge is 0.123 e. The van der Waals surface area contributed by atoms with Gasteiger partial charge in [-0.3, -0.25) is 0 Å². The Morgan fingerprint density at radius 2 is 1.86 bits per heavy atom. The normalized spacial score (nSPS) is 10.9. The van der Waals surface area contributed by atoms with Gasteiger partial charge < -0.3 is 14.6 Å². The molecule has 1 aromatic heterocycles. The van der Waals surface area contributed by atoms with Gasteiger partial charge in [-0.25, -0.2) is 0 Å². The van der Waals surface area contributed by atoms with Crippen molar-refractivity contribution in [1.29, 1.82) is 0 Å². The zero-order chi connectivity index (χ0) is 15.2. The lowest BCUT2D eigenvalue weighted by molar-refractivity contribution is 0.477. The van der Waals surface area contributed by atoms with Crippen LogP contribution in [-0.2, 0) is 13.1 Å². The molecular weight excluding hydrogens is 260 g/mol. The summed E-state index contributed by atoms with van der Waals surface area (Å²) in [6, 6.07) is 10.7. The summed E-state index contributed by atoms with van der Waals surface area (Å²) in [4.78, 5) is 2.21. The van der Waals surface area contributed by atoms with Crippen molar-refractivity contribution >= 4 is 5.69 Å². The van der Waals surface area contributed by atoms with Crippen LogP contribution < -0.4 is 10.2 Å². The summed E-state index contributed by atoms with van der Waals surface area (Å²) in [5, 5.41) is 3.42. The molecule has 0 saturated heterocycles. The summed E-state index contributed by atoms with van der Waals surface area (Å²) in [6.45, 7) is 9.04. The van der Waals surface area contributed by atoms with Gasteiger partial charge in [0, 0.05) is 24.8 Å². The highest BCUT2D eigenvalue weighted by Gasteiger charge is 2.09. The third-order valence-electron chi connectivity index (χ3n) is 3.68. The fraction of sp³-hybridized carbons (Fsp3) is 0.444. The highest BCUT2D eigenvalue weighted by atomic mass is 16.3. The molecule has 0 aliphatic rings. The van der Waals surface area contributed by atoms with Crippen LogP contribution in [0, 0.1) is 13.8 Å². The van der Waals surface area contributed by atoms with E-state index in [1.54, 1.807) is 0 Å². The zero-order valence-corrected chi connectivity index (χ0v) is 13.6. The SMILES string of the molecule is CCCNCc1cc(CN(C)c2ccc(C)cc2)oc1C. The molecule has 0 radical (unpaired) electrons. The second-order valence-electron chi connectivity index (χ2n) is 5.66. The zero-order valence-electron chi connectivity index (χ0n) is 13.6. The van der Waals surface area contributed by atoms with E-state index in [0.29, 0.717) is 0 Å². The lowest BCUT2D eigenvalue weighted by Crippen LogP contribution is -2.16. The van der Waals surface area contributed by atoms with Gasteiger partial charge in [0.25, 0.3) is 0 Å². The number of hydrogen-bond acceptors (Lipinski definition) is 3. The highest BCUT2D eigenvalue weighted by molar-refractivity contribution is 5.47. The third-order valence-corrected chi connectivity index (χ3v) is 3.68. The molecule has 21 heavy (non-hydrogen) atoms. The fourth-order valence-electron chi connectivity index (χ4n) is 2.37. The molecule has 0 amide bonds. The molecule has 114 valence electrons. The van der Waals surface area contributed by atoms with Gasteiger partial charge in [-0.2, -0.15) is 0 Å². The van der Waals surface area contributed by atoms with Gasteiger partial charge in [0.2, 0.25) is 0 Å². The van der Waals surface area contributed by atoms with Gasteiger partial charge in [0.15, 0.2) is 0 Å². The number of aryl methyl sites for hydroxylation is 2. The summed E-state index contributed by atoms with van der Waals surface area (Å²) in [5.74, 6) is 2.04. The maximum atomic E-state index is 5.88. The predicted molar refractivity (Wildman–Crippen MR) is 88.7 cm³/mol. The summed E-state index contributed by atoms with van der Waals surface area (Å²) in [6.07, 6.45) is 1.15. The van der Waals surface area contributed by atoms with Crippen molar-refractivity contribution in [1.82, 2.24) is 5.32 Å². The second-order valence-corrected chi connectivity index (χ2v) is 5.66. The van der Waals surface area contributed by atoms with E-state index in [-0.39, 0.29) is 0 Å². The first-order valence-corrected chi connectivity index (χ1v) is 7.67. The van der Waals surface area contributed by atoms with Crippen molar-refractivity contribution in [2.75, 3.05) is 18.5 Å². The van der Waals surface area contributed by atoms with E-state index in [1.165, 1.54) is 16.8 Å².